The number of ether oxygens (including phenoxy) is 1. The lowest BCUT2D eigenvalue weighted by molar-refractivity contribution is -0.0105. The van der Waals surface area contributed by atoms with Gasteiger partial charge in [0.15, 0.2) is 0 Å². The quantitative estimate of drug-likeness (QED) is 0.924. The molecule has 1 aliphatic carbocycles. The fraction of sp³-hybridized carbons (Fsp3) is 0.750. The molecule has 3 rings (SSSR count). The SMILES string of the molecule is CC(C)(CNC1CCCc2sccc21)N1CCOCC1. The number of aryl methyl sites for hydroxylation is 1. The van der Waals surface area contributed by atoms with E-state index in [0.717, 1.165) is 32.8 Å². The van der Waals surface area contributed by atoms with Crippen molar-refractivity contribution >= 4 is 11.3 Å². The van der Waals surface area contributed by atoms with Gasteiger partial charge in [0.05, 0.1) is 13.2 Å². The molecule has 3 nitrogen and oxygen atoms in total. The van der Waals surface area contributed by atoms with E-state index in [9.17, 15) is 0 Å². The van der Waals surface area contributed by atoms with Crippen LogP contribution < -0.4 is 5.32 Å². The highest BCUT2D eigenvalue weighted by Crippen LogP contribution is 2.33. The lowest BCUT2D eigenvalue weighted by Gasteiger charge is -2.42. The first-order valence-corrected chi connectivity index (χ1v) is 8.67. The highest BCUT2D eigenvalue weighted by Gasteiger charge is 2.30. The van der Waals surface area contributed by atoms with E-state index in [-0.39, 0.29) is 5.54 Å². The van der Waals surface area contributed by atoms with Crippen LogP contribution in [0.4, 0.5) is 0 Å². The van der Waals surface area contributed by atoms with Crippen LogP contribution in [0.25, 0.3) is 0 Å². The van der Waals surface area contributed by atoms with E-state index in [1.165, 1.54) is 19.3 Å². The van der Waals surface area contributed by atoms with E-state index in [2.05, 4.69) is 35.5 Å². The first kappa shape index (κ1) is 14.5. The van der Waals surface area contributed by atoms with Crippen LogP contribution in [0.1, 0.15) is 43.2 Å². The minimum atomic E-state index is 0.206. The van der Waals surface area contributed by atoms with Crippen molar-refractivity contribution in [3.8, 4) is 0 Å². The molecule has 1 saturated heterocycles. The van der Waals surface area contributed by atoms with Gasteiger partial charge < -0.3 is 10.1 Å². The smallest absolute Gasteiger partial charge is 0.0594 e. The van der Waals surface area contributed by atoms with Gasteiger partial charge in [0, 0.05) is 36.1 Å². The zero-order valence-electron chi connectivity index (χ0n) is 12.7. The van der Waals surface area contributed by atoms with Crippen LogP contribution in [0, 0.1) is 0 Å². The van der Waals surface area contributed by atoms with Gasteiger partial charge in [0.2, 0.25) is 0 Å². The Balaban J connectivity index is 1.59. The van der Waals surface area contributed by atoms with Crippen LogP contribution in [-0.2, 0) is 11.2 Å². The second-order valence-corrected chi connectivity index (χ2v) is 7.54. The molecule has 0 aromatic carbocycles. The Morgan fingerprint density at radius 2 is 2.20 bits per heavy atom. The maximum Gasteiger partial charge on any atom is 0.0594 e. The molecule has 1 aromatic rings. The van der Waals surface area contributed by atoms with Gasteiger partial charge in [0.25, 0.3) is 0 Å². The predicted molar refractivity (Wildman–Crippen MR) is 84.5 cm³/mol. The topological polar surface area (TPSA) is 24.5 Å². The third-order valence-corrected chi connectivity index (χ3v) is 5.70. The Labute approximate surface area is 126 Å². The molecule has 0 amide bonds. The Morgan fingerprint density at radius 3 is 3.00 bits per heavy atom. The monoisotopic (exact) mass is 294 g/mol. The van der Waals surface area contributed by atoms with E-state index in [0.29, 0.717) is 6.04 Å². The molecule has 0 saturated carbocycles. The Kier molecular flexibility index (Phi) is 4.46. The molecule has 1 N–H and O–H groups in total. The summed E-state index contributed by atoms with van der Waals surface area (Å²) in [5.74, 6) is 0. The number of rotatable bonds is 4. The number of hydrogen-bond donors (Lipinski definition) is 1. The number of fused-ring (bicyclic) bond motifs is 1. The molecule has 0 bridgehead atoms. The van der Waals surface area contributed by atoms with Gasteiger partial charge >= 0.3 is 0 Å². The summed E-state index contributed by atoms with van der Waals surface area (Å²) in [7, 11) is 0. The van der Waals surface area contributed by atoms with Gasteiger partial charge in [-0.15, -0.1) is 11.3 Å². The molecule has 0 radical (unpaired) electrons. The summed E-state index contributed by atoms with van der Waals surface area (Å²) >= 11 is 1.92. The van der Waals surface area contributed by atoms with Crippen LogP contribution >= 0.6 is 11.3 Å². The zero-order chi connectivity index (χ0) is 14.0. The minimum Gasteiger partial charge on any atom is -0.379 e. The van der Waals surface area contributed by atoms with Gasteiger partial charge in [-0.1, -0.05) is 0 Å². The van der Waals surface area contributed by atoms with Crippen molar-refractivity contribution in [1.29, 1.82) is 0 Å². The summed E-state index contributed by atoms with van der Waals surface area (Å²) in [5, 5.41) is 6.07. The fourth-order valence-corrected chi connectivity index (χ4v) is 4.34. The van der Waals surface area contributed by atoms with Gasteiger partial charge in [-0.2, -0.15) is 0 Å². The lowest BCUT2D eigenvalue weighted by Crippen LogP contribution is -2.55. The van der Waals surface area contributed by atoms with Crippen LogP contribution in [0.5, 0.6) is 0 Å². The third-order valence-electron chi connectivity index (χ3n) is 4.70. The largest absolute Gasteiger partial charge is 0.379 e. The average Bonchev–Trinajstić information content (AvgIpc) is 2.95. The molecule has 1 fully saturated rings. The minimum absolute atomic E-state index is 0.206. The molecular formula is C16H26N2OS. The lowest BCUT2D eigenvalue weighted by atomic mass is 9.92. The molecule has 0 spiro atoms. The molecule has 112 valence electrons. The molecule has 2 aliphatic rings. The third kappa shape index (κ3) is 3.08. The molecule has 20 heavy (non-hydrogen) atoms. The summed E-state index contributed by atoms with van der Waals surface area (Å²) in [6.07, 6.45) is 3.88. The van der Waals surface area contributed by atoms with Crippen molar-refractivity contribution in [2.75, 3.05) is 32.8 Å². The van der Waals surface area contributed by atoms with Crippen molar-refractivity contribution in [3.05, 3.63) is 21.9 Å². The second-order valence-electron chi connectivity index (χ2n) is 6.54. The zero-order valence-corrected chi connectivity index (χ0v) is 13.5. The van der Waals surface area contributed by atoms with Gasteiger partial charge in [0.1, 0.15) is 0 Å². The Hall–Kier alpha value is -0.420. The van der Waals surface area contributed by atoms with Gasteiger partial charge in [-0.25, -0.2) is 0 Å². The molecule has 1 aliphatic heterocycles. The number of thiophene rings is 1. The normalized spacial score (nSPS) is 24.6. The molecule has 1 aromatic heterocycles. The van der Waals surface area contributed by atoms with Crippen molar-refractivity contribution < 1.29 is 4.74 Å². The Bertz CT molecular complexity index is 437. The summed E-state index contributed by atoms with van der Waals surface area (Å²) in [6.45, 7) is 9.62. The van der Waals surface area contributed by atoms with Crippen molar-refractivity contribution in [1.82, 2.24) is 10.2 Å². The van der Waals surface area contributed by atoms with Crippen LogP contribution in [0.15, 0.2) is 11.4 Å². The van der Waals surface area contributed by atoms with Crippen LogP contribution in [0.2, 0.25) is 0 Å². The standard InChI is InChI=1S/C16H26N2OS/c1-16(2,18-7-9-19-10-8-18)12-17-14-4-3-5-15-13(14)6-11-20-15/h6,11,14,17H,3-5,7-10,12H2,1-2H3. The Morgan fingerprint density at radius 1 is 1.40 bits per heavy atom. The maximum absolute atomic E-state index is 5.46. The number of nitrogens with one attached hydrogen (secondary N) is 1. The van der Waals surface area contributed by atoms with Crippen LogP contribution in [0.3, 0.4) is 0 Å². The number of hydrogen-bond acceptors (Lipinski definition) is 4. The van der Waals surface area contributed by atoms with E-state index >= 15 is 0 Å². The summed E-state index contributed by atoms with van der Waals surface area (Å²) < 4.78 is 5.46. The maximum atomic E-state index is 5.46. The van der Waals surface area contributed by atoms with Crippen molar-refractivity contribution in [3.63, 3.8) is 0 Å². The van der Waals surface area contributed by atoms with Gasteiger partial charge in [-0.3, -0.25) is 4.90 Å². The highest BCUT2D eigenvalue weighted by molar-refractivity contribution is 7.10. The van der Waals surface area contributed by atoms with Crippen molar-refractivity contribution in [2.45, 2.75) is 44.7 Å². The second kappa shape index (κ2) is 6.14. The van der Waals surface area contributed by atoms with Crippen molar-refractivity contribution in [2.24, 2.45) is 0 Å². The van der Waals surface area contributed by atoms with E-state index in [4.69, 9.17) is 4.74 Å². The van der Waals surface area contributed by atoms with E-state index in [1.807, 2.05) is 11.3 Å². The molecule has 1 atom stereocenters. The fourth-order valence-electron chi connectivity index (χ4n) is 3.35. The first-order valence-electron chi connectivity index (χ1n) is 7.79. The highest BCUT2D eigenvalue weighted by atomic mass is 32.1. The number of nitrogens with zero attached hydrogens (tertiary/aromatic N) is 1. The first-order chi connectivity index (χ1) is 9.67. The molecule has 2 heterocycles. The van der Waals surface area contributed by atoms with Gasteiger partial charge in [-0.05, 0) is 50.1 Å². The molecular weight excluding hydrogens is 268 g/mol. The number of morpholine rings is 1. The summed E-state index contributed by atoms with van der Waals surface area (Å²) in [6, 6.07) is 2.88. The average molecular weight is 294 g/mol. The van der Waals surface area contributed by atoms with E-state index < -0.39 is 0 Å². The van der Waals surface area contributed by atoms with Crippen LogP contribution in [-0.4, -0.2) is 43.3 Å². The molecule has 4 heteroatoms. The molecule has 1 unspecified atom stereocenters. The van der Waals surface area contributed by atoms with E-state index in [1.54, 1.807) is 10.4 Å². The summed E-state index contributed by atoms with van der Waals surface area (Å²) in [4.78, 5) is 4.15. The summed E-state index contributed by atoms with van der Waals surface area (Å²) in [5.41, 5.74) is 1.76. The predicted octanol–water partition coefficient (Wildman–Crippen LogP) is 2.83.